The lowest BCUT2D eigenvalue weighted by atomic mass is 10.0. The first-order valence-electron chi connectivity index (χ1n) is 6.63. The van der Waals surface area contributed by atoms with Gasteiger partial charge in [-0.15, -0.1) is 0 Å². The first-order chi connectivity index (χ1) is 9.10. The van der Waals surface area contributed by atoms with Crippen molar-refractivity contribution in [1.82, 2.24) is 25.3 Å². The quantitative estimate of drug-likeness (QED) is 0.888. The highest BCUT2D eigenvalue weighted by Gasteiger charge is 2.16. The Morgan fingerprint density at radius 3 is 2.74 bits per heavy atom. The van der Waals surface area contributed by atoms with Crippen molar-refractivity contribution in [2.75, 3.05) is 6.54 Å². The van der Waals surface area contributed by atoms with Crippen molar-refractivity contribution < 1.29 is 0 Å². The van der Waals surface area contributed by atoms with Crippen molar-refractivity contribution in [1.29, 1.82) is 0 Å². The van der Waals surface area contributed by atoms with Crippen LogP contribution in [0.5, 0.6) is 0 Å². The third-order valence-corrected chi connectivity index (χ3v) is 3.15. The van der Waals surface area contributed by atoms with Crippen LogP contribution in [-0.2, 0) is 13.5 Å². The van der Waals surface area contributed by atoms with Crippen molar-refractivity contribution >= 4 is 0 Å². The minimum atomic E-state index is 0.231. The number of nitrogens with zero attached hydrogens (tertiary/aromatic N) is 4. The smallest absolute Gasteiger partial charge is 0.0648 e. The number of aromatic nitrogens is 4. The fourth-order valence-electron chi connectivity index (χ4n) is 2.24. The molecule has 0 bridgehead atoms. The predicted molar refractivity (Wildman–Crippen MR) is 74.8 cm³/mol. The molecule has 0 amide bonds. The highest BCUT2D eigenvalue weighted by molar-refractivity contribution is 5.25. The SMILES string of the molecule is CCNC(Cc1ccn(C)n1)c1cc(C)nnc1C. The van der Waals surface area contributed by atoms with E-state index in [0.29, 0.717) is 0 Å². The molecule has 2 aromatic rings. The molecule has 5 nitrogen and oxygen atoms in total. The van der Waals surface area contributed by atoms with Crippen LogP contribution in [-0.4, -0.2) is 26.5 Å². The summed E-state index contributed by atoms with van der Waals surface area (Å²) < 4.78 is 1.83. The Morgan fingerprint density at radius 1 is 1.32 bits per heavy atom. The number of likely N-dealkylation sites (N-methyl/N-ethyl adjacent to an activating group) is 1. The fourth-order valence-corrected chi connectivity index (χ4v) is 2.24. The minimum absolute atomic E-state index is 0.231. The summed E-state index contributed by atoms with van der Waals surface area (Å²) in [4.78, 5) is 0. The average molecular weight is 259 g/mol. The number of hydrogen-bond donors (Lipinski definition) is 1. The zero-order valence-corrected chi connectivity index (χ0v) is 12.0. The van der Waals surface area contributed by atoms with E-state index in [4.69, 9.17) is 0 Å². The fraction of sp³-hybridized carbons (Fsp3) is 0.500. The minimum Gasteiger partial charge on any atom is -0.310 e. The van der Waals surface area contributed by atoms with Gasteiger partial charge in [0.25, 0.3) is 0 Å². The highest BCUT2D eigenvalue weighted by atomic mass is 15.2. The normalized spacial score (nSPS) is 12.6. The zero-order valence-electron chi connectivity index (χ0n) is 12.0. The Kier molecular flexibility index (Phi) is 4.27. The zero-order chi connectivity index (χ0) is 13.8. The Balaban J connectivity index is 2.26. The van der Waals surface area contributed by atoms with Gasteiger partial charge in [0.05, 0.1) is 17.1 Å². The van der Waals surface area contributed by atoms with E-state index in [-0.39, 0.29) is 6.04 Å². The van der Waals surface area contributed by atoms with Gasteiger partial charge in [-0.25, -0.2) is 0 Å². The van der Waals surface area contributed by atoms with E-state index >= 15 is 0 Å². The van der Waals surface area contributed by atoms with Gasteiger partial charge in [0, 0.05) is 25.7 Å². The second-order valence-corrected chi connectivity index (χ2v) is 4.82. The largest absolute Gasteiger partial charge is 0.310 e. The van der Waals surface area contributed by atoms with Crippen LogP contribution < -0.4 is 5.32 Å². The summed E-state index contributed by atoms with van der Waals surface area (Å²) >= 11 is 0. The Hall–Kier alpha value is -1.75. The van der Waals surface area contributed by atoms with Crippen molar-refractivity contribution in [2.45, 2.75) is 33.2 Å². The molecule has 0 saturated carbocycles. The van der Waals surface area contributed by atoms with E-state index in [0.717, 1.165) is 30.0 Å². The molecule has 0 aliphatic heterocycles. The molecular weight excluding hydrogens is 238 g/mol. The predicted octanol–water partition coefficient (Wildman–Crippen LogP) is 1.72. The lowest BCUT2D eigenvalue weighted by molar-refractivity contribution is 0.533. The summed E-state index contributed by atoms with van der Waals surface area (Å²) in [5.41, 5.74) is 4.22. The molecule has 0 aromatic carbocycles. The van der Waals surface area contributed by atoms with Gasteiger partial charge >= 0.3 is 0 Å². The molecule has 0 fully saturated rings. The number of rotatable bonds is 5. The molecule has 0 spiro atoms. The average Bonchev–Trinajstić information content (AvgIpc) is 2.77. The van der Waals surface area contributed by atoms with Crippen LogP contribution >= 0.6 is 0 Å². The van der Waals surface area contributed by atoms with Gasteiger partial charge < -0.3 is 5.32 Å². The van der Waals surface area contributed by atoms with Gasteiger partial charge in [-0.2, -0.15) is 15.3 Å². The molecule has 1 unspecified atom stereocenters. The molecule has 2 rings (SSSR count). The molecule has 102 valence electrons. The van der Waals surface area contributed by atoms with Crippen LogP contribution in [0.2, 0.25) is 0 Å². The molecule has 2 heterocycles. The maximum Gasteiger partial charge on any atom is 0.0648 e. The molecule has 0 radical (unpaired) electrons. The van der Waals surface area contributed by atoms with Gasteiger partial charge in [0.1, 0.15) is 0 Å². The van der Waals surface area contributed by atoms with Gasteiger partial charge in [0.2, 0.25) is 0 Å². The van der Waals surface area contributed by atoms with Crippen LogP contribution in [0.3, 0.4) is 0 Å². The topological polar surface area (TPSA) is 55.6 Å². The number of hydrogen-bond acceptors (Lipinski definition) is 4. The second kappa shape index (κ2) is 5.93. The standard InChI is InChI=1S/C14H21N5/c1-5-15-14(9-12-6-7-19(4)18-12)13-8-10(2)16-17-11(13)3/h6-8,14-15H,5,9H2,1-4H3. The van der Waals surface area contributed by atoms with Crippen molar-refractivity contribution in [3.05, 3.63) is 41.0 Å². The van der Waals surface area contributed by atoms with Crippen LogP contribution in [0, 0.1) is 13.8 Å². The summed E-state index contributed by atoms with van der Waals surface area (Å²) in [6.45, 7) is 7.00. The number of aryl methyl sites for hydroxylation is 3. The van der Waals surface area contributed by atoms with Crippen molar-refractivity contribution in [2.24, 2.45) is 7.05 Å². The molecule has 0 saturated heterocycles. The summed E-state index contributed by atoms with van der Waals surface area (Å²) in [6, 6.07) is 4.40. The summed E-state index contributed by atoms with van der Waals surface area (Å²) in [5, 5.41) is 16.3. The maximum absolute atomic E-state index is 4.45. The number of nitrogens with one attached hydrogen (secondary N) is 1. The first-order valence-corrected chi connectivity index (χ1v) is 6.63. The Labute approximate surface area is 114 Å². The second-order valence-electron chi connectivity index (χ2n) is 4.82. The van der Waals surface area contributed by atoms with Gasteiger partial charge in [-0.1, -0.05) is 6.92 Å². The summed E-state index contributed by atoms with van der Waals surface area (Å²) in [5.74, 6) is 0. The lowest BCUT2D eigenvalue weighted by Gasteiger charge is -2.19. The van der Waals surface area contributed by atoms with Gasteiger partial charge in [-0.3, -0.25) is 4.68 Å². The lowest BCUT2D eigenvalue weighted by Crippen LogP contribution is -2.24. The summed E-state index contributed by atoms with van der Waals surface area (Å²) in [7, 11) is 1.94. The van der Waals surface area contributed by atoms with Crippen LogP contribution in [0.25, 0.3) is 0 Å². The third-order valence-electron chi connectivity index (χ3n) is 3.15. The molecule has 1 atom stereocenters. The van der Waals surface area contributed by atoms with Crippen molar-refractivity contribution in [3.8, 4) is 0 Å². The molecule has 1 N–H and O–H groups in total. The molecule has 5 heteroatoms. The first kappa shape index (κ1) is 13.7. The van der Waals surface area contributed by atoms with E-state index in [9.17, 15) is 0 Å². The molecule has 0 aliphatic rings. The Bertz CT molecular complexity index is 547. The summed E-state index contributed by atoms with van der Waals surface area (Å²) in [6.07, 6.45) is 2.84. The van der Waals surface area contributed by atoms with Crippen LogP contribution in [0.4, 0.5) is 0 Å². The van der Waals surface area contributed by atoms with E-state index in [1.165, 1.54) is 5.56 Å². The molecular formula is C14H21N5. The van der Waals surface area contributed by atoms with E-state index in [1.807, 2.05) is 31.8 Å². The monoisotopic (exact) mass is 259 g/mol. The Morgan fingerprint density at radius 2 is 2.11 bits per heavy atom. The molecule has 19 heavy (non-hydrogen) atoms. The molecule has 2 aromatic heterocycles. The van der Waals surface area contributed by atoms with E-state index in [2.05, 4.69) is 39.7 Å². The highest BCUT2D eigenvalue weighted by Crippen LogP contribution is 2.20. The van der Waals surface area contributed by atoms with Crippen LogP contribution in [0.1, 0.15) is 35.6 Å². The van der Waals surface area contributed by atoms with E-state index in [1.54, 1.807) is 0 Å². The van der Waals surface area contributed by atoms with E-state index < -0.39 is 0 Å². The van der Waals surface area contributed by atoms with Crippen LogP contribution in [0.15, 0.2) is 18.3 Å². The molecule has 0 aliphatic carbocycles. The maximum atomic E-state index is 4.45. The van der Waals surface area contributed by atoms with Crippen molar-refractivity contribution in [3.63, 3.8) is 0 Å². The van der Waals surface area contributed by atoms with Gasteiger partial charge in [-0.05, 0) is 38.1 Å². The van der Waals surface area contributed by atoms with Gasteiger partial charge in [0.15, 0.2) is 0 Å². The third kappa shape index (κ3) is 3.38.